The van der Waals surface area contributed by atoms with Crippen molar-refractivity contribution in [2.24, 2.45) is 0 Å². The van der Waals surface area contributed by atoms with Crippen molar-refractivity contribution in [3.05, 3.63) is 0 Å². The van der Waals surface area contributed by atoms with Crippen molar-refractivity contribution in [2.75, 3.05) is 34.6 Å². The Labute approximate surface area is 382 Å². The van der Waals surface area contributed by atoms with Gasteiger partial charge in [-0.1, -0.05) is 178 Å². The molecular formula is C38H130I6O2S2-4. The average molecular weight is 1450 g/mol. The Bertz CT molecular complexity index is 245. The molecule has 0 aliphatic carbocycles. The van der Waals surface area contributed by atoms with Crippen molar-refractivity contribution in [3.63, 3.8) is 0 Å². The Kier molecular flexibility index (Phi) is 659. The van der Waals surface area contributed by atoms with E-state index in [0.717, 1.165) is 17.1 Å². The minimum atomic E-state index is -0.915. The van der Waals surface area contributed by atoms with Crippen molar-refractivity contribution in [1.82, 2.24) is 0 Å². The molecule has 10 heteroatoms. The van der Waals surface area contributed by atoms with Crippen molar-refractivity contribution >= 4 is 47.6 Å². The summed E-state index contributed by atoms with van der Waals surface area (Å²) in [6, 6.07) is 0. The van der Waals surface area contributed by atoms with Gasteiger partial charge in [-0.3, -0.25) is 0 Å². The second kappa shape index (κ2) is 161. The minimum absolute atomic E-state index is 0. The van der Waals surface area contributed by atoms with E-state index >= 15 is 0 Å². The van der Waals surface area contributed by atoms with E-state index in [2.05, 4.69) is 54.1 Å². The zero-order valence-corrected chi connectivity index (χ0v) is 30.5. The average Bonchev–Trinajstić information content (AvgIpc) is 2.55. The van der Waals surface area contributed by atoms with E-state index < -0.39 is 29.7 Å². The molecule has 2 atom stereocenters. The van der Waals surface area contributed by atoms with Gasteiger partial charge in [-0.05, 0) is 0 Å². The van der Waals surface area contributed by atoms with Crippen molar-refractivity contribution < 1.29 is 83.0 Å². The fourth-order valence-electron chi connectivity index (χ4n) is 1.03. The standard InChI is InChI=1S/2C7H17I3OS.24CH4/c2*1-5-8-7(3)9-10(12-4)11-6-2;;;;;;;;;;;;;;;;;;;;;;;;/h2*7H,5-6H2,1-4H3;24*1H4/q2*-2;;;;;;;;;;;;;;;;;;;;;;;;. The monoisotopic (exact) mass is 1440 g/mol. The molecule has 0 fully saturated rings. The predicted octanol–water partition coefficient (Wildman–Crippen LogP) is 9.63. The van der Waals surface area contributed by atoms with Crippen LogP contribution in [-0.4, -0.2) is 38.4 Å². The molecule has 2 nitrogen and oxygen atoms in total. The van der Waals surface area contributed by atoms with Crippen LogP contribution >= 0.6 is 47.6 Å². The third-order valence-corrected chi connectivity index (χ3v) is 73.0. The van der Waals surface area contributed by atoms with Gasteiger partial charge in [0, 0.05) is 0 Å². The first-order valence-corrected chi connectivity index (χ1v) is 37.6. The topological polar surface area (TPSA) is 18.5 Å². The molecule has 0 saturated heterocycles. The van der Waals surface area contributed by atoms with Crippen LogP contribution in [0.4, 0.5) is 0 Å². The van der Waals surface area contributed by atoms with E-state index in [1.165, 1.54) is 8.86 Å². The summed E-state index contributed by atoms with van der Waals surface area (Å²) < 4.78 is 16.7. The van der Waals surface area contributed by atoms with E-state index in [1.807, 2.05) is 17.9 Å². The van der Waals surface area contributed by atoms with Gasteiger partial charge in [0.05, 0.1) is 0 Å². The second-order valence-corrected chi connectivity index (χ2v) is 58.1. The summed E-state index contributed by atoms with van der Waals surface area (Å²) in [5, 5.41) is 0. The molecule has 0 radical (unpaired) electrons. The third kappa shape index (κ3) is 152. The number of alkyl halides is 6. The van der Waals surface area contributed by atoms with Crippen LogP contribution in [0, 0.1) is 0 Å². The van der Waals surface area contributed by atoms with E-state index in [4.69, 9.17) is 6.13 Å². The molecule has 0 aromatic carbocycles. The second-order valence-electron chi connectivity index (χ2n) is 3.51. The van der Waals surface area contributed by atoms with Crippen LogP contribution in [0.3, 0.4) is 0 Å². The number of halogens is 6. The molecule has 0 spiro atoms. The summed E-state index contributed by atoms with van der Waals surface area (Å²) in [5.41, 5.74) is 0. The molecule has 0 aliphatic heterocycles. The zero-order valence-electron chi connectivity index (χ0n) is 15.9. The first-order valence-electron chi connectivity index (χ1n) is 7.69. The first kappa shape index (κ1) is 197. The van der Waals surface area contributed by atoms with Crippen LogP contribution < -0.4 is 76.9 Å². The van der Waals surface area contributed by atoms with Gasteiger partial charge in [-0.25, -0.2) is 0 Å². The summed E-state index contributed by atoms with van der Waals surface area (Å²) in [7, 11) is 4.10. The summed E-state index contributed by atoms with van der Waals surface area (Å²) in [6.07, 6.45) is 4.47. The van der Waals surface area contributed by atoms with Gasteiger partial charge >= 0.3 is 211 Å². The zero-order chi connectivity index (χ0) is 18.8. The van der Waals surface area contributed by atoms with Crippen molar-refractivity contribution in [3.8, 4) is 0 Å². The van der Waals surface area contributed by atoms with Gasteiger partial charge in [-0.15, -0.1) is 0 Å². The Hall–Kier alpha value is 5.00. The van der Waals surface area contributed by atoms with Crippen LogP contribution in [0.15, 0.2) is 0 Å². The maximum atomic E-state index is 5.79. The van der Waals surface area contributed by atoms with Gasteiger partial charge in [-0.2, -0.15) is 0 Å². The molecule has 48 heavy (non-hydrogen) atoms. The van der Waals surface area contributed by atoms with Gasteiger partial charge < -0.3 is 0 Å². The summed E-state index contributed by atoms with van der Waals surface area (Å²) >= 11 is 0.0476. The van der Waals surface area contributed by atoms with Gasteiger partial charge in [0.25, 0.3) is 0 Å². The number of hydrogen-bond donors (Lipinski definition) is 0. The summed E-state index contributed by atoms with van der Waals surface area (Å²) in [6.45, 7) is 15.7. The maximum absolute atomic E-state index is 5.79. The van der Waals surface area contributed by atoms with E-state index in [1.54, 1.807) is 0 Å². The van der Waals surface area contributed by atoms with E-state index in [0.29, 0.717) is 76.9 Å². The molecule has 0 bridgehead atoms. The van der Waals surface area contributed by atoms with Crippen LogP contribution in [0.1, 0.15) is 220 Å². The number of hydrogen-bond acceptors (Lipinski definition) is 4. The van der Waals surface area contributed by atoms with Crippen LogP contribution in [0.25, 0.3) is 0 Å². The predicted molar refractivity (Wildman–Crippen MR) is 280 cm³/mol. The van der Waals surface area contributed by atoms with Crippen LogP contribution in [-0.2, 0) is 6.13 Å². The molecule has 0 aliphatic rings. The van der Waals surface area contributed by atoms with Crippen molar-refractivity contribution in [2.45, 2.75) is 224 Å². The Morgan fingerprint density at radius 1 is 0.396 bits per heavy atom. The van der Waals surface area contributed by atoms with E-state index in [9.17, 15) is 0 Å². The Morgan fingerprint density at radius 2 is 0.562 bits per heavy atom. The van der Waals surface area contributed by atoms with Gasteiger partial charge in [0.15, 0.2) is 0 Å². The molecule has 0 saturated carbocycles. The molecule has 0 aromatic heterocycles. The summed E-state index contributed by atoms with van der Waals surface area (Å²) in [5.74, 6) is 0. The molecule has 2 unspecified atom stereocenters. The molecule has 352 valence electrons. The first-order chi connectivity index (χ1) is 11.5. The summed E-state index contributed by atoms with van der Waals surface area (Å²) in [4.78, 5) is 0. The SMILES string of the molecule is C.C.C.C.C.C.C.C.C.C.C.C.C.C.C.C.C.C.C.C.C.C.C.C.CCOI(SC)[I-]C(C)[I-]CC.CCOI(SC)[I-]C(C)[I-]CC. The molecule has 0 aromatic rings. The molecule has 0 heterocycles. The molecule has 0 N–H and O–H groups in total. The van der Waals surface area contributed by atoms with Gasteiger partial charge in [0.1, 0.15) is 0 Å². The van der Waals surface area contributed by atoms with Crippen LogP contribution in [0.5, 0.6) is 0 Å². The van der Waals surface area contributed by atoms with Crippen molar-refractivity contribution in [1.29, 1.82) is 0 Å². The molecule has 0 amide bonds. The van der Waals surface area contributed by atoms with Gasteiger partial charge in [0.2, 0.25) is 0 Å². The Balaban J connectivity index is -0.00000000560. The van der Waals surface area contributed by atoms with E-state index in [-0.39, 0.29) is 178 Å². The normalized spacial score (nSPS) is 7.58. The fraction of sp³-hybridized carbons (Fsp3) is 1.00. The number of rotatable bonds is 14. The fourth-order valence-corrected chi connectivity index (χ4v) is 82.0. The molecular weight excluding hydrogens is 1310 g/mol. The Morgan fingerprint density at radius 3 is 0.667 bits per heavy atom. The third-order valence-electron chi connectivity index (χ3n) is 1.73. The van der Waals surface area contributed by atoms with Crippen LogP contribution in [0.2, 0.25) is 0 Å². The quantitative estimate of drug-likeness (QED) is 0.128. The molecule has 0 rings (SSSR count).